The number of nitrogens with zero attached hydrogens (tertiary/aromatic N) is 2. The maximum Gasteiger partial charge on any atom is 0.272 e. The van der Waals surface area contributed by atoms with Gasteiger partial charge < -0.3 is 5.73 Å². The summed E-state index contributed by atoms with van der Waals surface area (Å²) in [5, 5.41) is 2.85. The smallest absolute Gasteiger partial charge is 0.272 e. The summed E-state index contributed by atoms with van der Waals surface area (Å²) in [6.45, 7) is 0.788. The molecule has 0 saturated carbocycles. The summed E-state index contributed by atoms with van der Waals surface area (Å²) in [5.74, 6) is -3.99. The van der Waals surface area contributed by atoms with Gasteiger partial charge in [0.2, 0.25) is 5.91 Å². The monoisotopic (exact) mass is 455 g/mol. The molecule has 0 bridgehead atoms. The third-order valence-electron chi connectivity index (χ3n) is 5.08. The maximum absolute atomic E-state index is 13.9. The number of benzene rings is 2. The van der Waals surface area contributed by atoms with E-state index in [-0.39, 0.29) is 42.6 Å². The summed E-state index contributed by atoms with van der Waals surface area (Å²) < 4.78 is 40.4. The molecule has 1 heterocycles. The third-order valence-corrected chi connectivity index (χ3v) is 5.08. The number of rotatable bonds is 5. The molecule has 1 saturated heterocycles. The Bertz CT molecular complexity index is 914. The van der Waals surface area contributed by atoms with Crippen LogP contribution >= 0.6 is 12.4 Å². The van der Waals surface area contributed by atoms with Crippen LogP contribution in [0, 0.1) is 17.5 Å². The van der Waals surface area contributed by atoms with E-state index >= 15 is 0 Å². The maximum atomic E-state index is 13.9. The first-order valence-corrected chi connectivity index (χ1v) is 9.93. The lowest BCUT2D eigenvalue weighted by molar-refractivity contribution is -0.144. The lowest BCUT2D eigenvalue weighted by Gasteiger charge is -2.34. The molecular formula is C22H25ClF3N3O2. The van der Waals surface area contributed by atoms with Crippen molar-refractivity contribution in [3.05, 3.63) is 71.0 Å². The van der Waals surface area contributed by atoms with E-state index < -0.39 is 23.5 Å². The molecule has 1 atom stereocenters. The van der Waals surface area contributed by atoms with E-state index in [1.54, 1.807) is 30.3 Å². The Labute approximate surface area is 185 Å². The minimum Gasteiger partial charge on any atom is -0.327 e. The van der Waals surface area contributed by atoms with Crippen LogP contribution in [0.25, 0.3) is 0 Å². The van der Waals surface area contributed by atoms with Gasteiger partial charge in [-0.1, -0.05) is 18.2 Å². The molecule has 2 aromatic rings. The van der Waals surface area contributed by atoms with Crippen molar-refractivity contribution in [2.24, 2.45) is 5.73 Å². The van der Waals surface area contributed by atoms with Crippen molar-refractivity contribution >= 4 is 24.2 Å². The van der Waals surface area contributed by atoms with Gasteiger partial charge in [0, 0.05) is 37.2 Å². The average molecular weight is 456 g/mol. The van der Waals surface area contributed by atoms with Gasteiger partial charge in [0.25, 0.3) is 5.91 Å². The molecule has 2 N–H and O–H groups in total. The fourth-order valence-electron chi connectivity index (χ4n) is 3.55. The van der Waals surface area contributed by atoms with Crippen LogP contribution in [0.5, 0.6) is 0 Å². The number of carbonyl (C=O) groups excluding carboxylic acids is 2. The molecule has 31 heavy (non-hydrogen) atoms. The van der Waals surface area contributed by atoms with Crippen LogP contribution in [0.2, 0.25) is 0 Å². The molecule has 0 aromatic heterocycles. The van der Waals surface area contributed by atoms with Crippen LogP contribution in [-0.2, 0) is 11.2 Å². The number of amides is 2. The molecule has 0 aliphatic carbocycles. The molecule has 0 unspecified atom stereocenters. The topological polar surface area (TPSA) is 66.6 Å². The van der Waals surface area contributed by atoms with Crippen LogP contribution < -0.4 is 5.73 Å². The summed E-state index contributed by atoms with van der Waals surface area (Å²) in [4.78, 5) is 25.9. The molecule has 1 aliphatic heterocycles. The number of hydrogen-bond acceptors (Lipinski definition) is 3. The van der Waals surface area contributed by atoms with Crippen LogP contribution in [0.3, 0.4) is 0 Å². The quantitative estimate of drug-likeness (QED) is 0.696. The highest BCUT2D eigenvalue weighted by molar-refractivity contribution is 5.95. The van der Waals surface area contributed by atoms with Crippen LogP contribution in [0.15, 0.2) is 42.5 Å². The van der Waals surface area contributed by atoms with Crippen molar-refractivity contribution in [3.63, 3.8) is 0 Å². The van der Waals surface area contributed by atoms with Crippen LogP contribution in [0.1, 0.15) is 41.6 Å². The minimum absolute atomic E-state index is 0. The van der Waals surface area contributed by atoms with E-state index in [2.05, 4.69) is 0 Å². The second-order valence-corrected chi connectivity index (χ2v) is 7.40. The molecule has 2 amide bonds. The number of hydrogen-bond donors (Lipinski definition) is 1. The summed E-state index contributed by atoms with van der Waals surface area (Å²) in [7, 11) is 0. The summed E-state index contributed by atoms with van der Waals surface area (Å²) in [6, 6.07) is 9.10. The van der Waals surface area contributed by atoms with Crippen molar-refractivity contribution in [2.75, 3.05) is 13.1 Å². The number of carbonyl (C=O) groups is 2. The first-order valence-electron chi connectivity index (χ1n) is 9.93. The van der Waals surface area contributed by atoms with E-state index in [1.807, 2.05) is 0 Å². The minimum atomic E-state index is -1.28. The first kappa shape index (κ1) is 24.7. The predicted molar refractivity (Wildman–Crippen MR) is 113 cm³/mol. The van der Waals surface area contributed by atoms with Gasteiger partial charge in [-0.3, -0.25) is 14.6 Å². The van der Waals surface area contributed by atoms with Gasteiger partial charge >= 0.3 is 0 Å². The molecule has 1 fully saturated rings. The van der Waals surface area contributed by atoms with Gasteiger partial charge in [-0.05, 0) is 49.4 Å². The van der Waals surface area contributed by atoms with Crippen molar-refractivity contribution in [3.8, 4) is 0 Å². The molecular weight excluding hydrogens is 431 g/mol. The third kappa shape index (κ3) is 6.21. The van der Waals surface area contributed by atoms with Crippen molar-refractivity contribution < 1.29 is 22.8 Å². The Hall–Kier alpha value is -2.58. The van der Waals surface area contributed by atoms with Crippen LogP contribution in [-0.4, -0.2) is 41.0 Å². The highest BCUT2D eigenvalue weighted by Gasteiger charge is 2.29. The number of halogens is 4. The molecule has 2 aromatic carbocycles. The van der Waals surface area contributed by atoms with E-state index in [9.17, 15) is 22.8 Å². The van der Waals surface area contributed by atoms with E-state index in [0.717, 1.165) is 25.3 Å². The highest BCUT2D eigenvalue weighted by Crippen LogP contribution is 2.19. The van der Waals surface area contributed by atoms with Gasteiger partial charge in [-0.2, -0.15) is 0 Å². The molecule has 1 aliphatic rings. The Kier molecular flexibility index (Phi) is 8.88. The van der Waals surface area contributed by atoms with E-state index in [4.69, 9.17) is 5.73 Å². The largest absolute Gasteiger partial charge is 0.327 e. The molecule has 0 spiro atoms. The fourth-order valence-corrected chi connectivity index (χ4v) is 3.55. The summed E-state index contributed by atoms with van der Waals surface area (Å²) in [5.41, 5.74) is 6.39. The van der Waals surface area contributed by atoms with Gasteiger partial charge in [0.15, 0.2) is 11.6 Å². The van der Waals surface area contributed by atoms with Crippen LogP contribution in [0.4, 0.5) is 13.2 Å². The highest BCUT2D eigenvalue weighted by atomic mass is 35.5. The average Bonchev–Trinajstić information content (AvgIpc) is 2.98. The predicted octanol–water partition coefficient (Wildman–Crippen LogP) is 3.86. The van der Waals surface area contributed by atoms with E-state index in [1.165, 1.54) is 10.0 Å². The standard InChI is InChI=1S/C22H24F3N3O2.ClH/c23-18-14-20(25)19(24)12-16(18)11-17(26)13-21(29)27-9-5-2-6-10-28(27)22(30)15-7-3-1-4-8-15;/h1,3-4,7-8,12,14,17H,2,5-6,9-11,13,26H2;1H/t17-;/m1./s1. The zero-order chi connectivity index (χ0) is 21.7. The summed E-state index contributed by atoms with van der Waals surface area (Å²) in [6.07, 6.45) is 2.12. The second kappa shape index (κ2) is 11.2. The Morgan fingerprint density at radius 3 is 2.19 bits per heavy atom. The molecule has 9 heteroatoms. The zero-order valence-corrected chi connectivity index (χ0v) is 17.7. The van der Waals surface area contributed by atoms with Gasteiger partial charge in [-0.25, -0.2) is 18.2 Å². The van der Waals surface area contributed by atoms with Crippen molar-refractivity contribution in [1.29, 1.82) is 0 Å². The Morgan fingerprint density at radius 1 is 0.903 bits per heavy atom. The Balaban J connectivity index is 0.00000341. The number of hydrazine groups is 1. The van der Waals surface area contributed by atoms with Crippen molar-refractivity contribution in [2.45, 2.75) is 38.1 Å². The second-order valence-electron chi connectivity index (χ2n) is 7.40. The lowest BCUT2D eigenvalue weighted by atomic mass is 10.0. The Morgan fingerprint density at radius 2 is 1.52 bits per heavy atom. The molecule has 0 radical (unpaired) electrons. The van der Waals surface area contributed by atoms with Gasteiger partial charge in [0.05, 0.1) is 0 Å². The first-order chi connectivity index (χ1) is 14.4. The molecule has 5 nitrogen and oxygen atoms in total. The molecule has 168 valence electrons. The fraction of sp³-hybridized carbons (Fsp3) is 0.364. The lowest BCUT2D eigenvalue weighted by Crippen LogP contribution is -2.50. The molecule has 3 rings (SSSR count). The SMILES string of the molecule is Cl.N[C@@H](CC(=O)N1CCCCCN1C(=O)c1ccccc1)Cc1cc(F)c(F)cc1F. The summed E-state index contributed by atoms with van der Waals surface area (Å²) >= 11 is 0. The van der Waals surface area contributed by atoms with E-state index in [0.29, 0.717) is 24.7 Å². The normalized spacial score (nSPS) is 15.1. The zero-order valence-electron chi connectivity index (χ0n) is 16.9. The van der Waals surface area contributed by atoms with Gasteiger partial charge in [-0.15, -0.1) is 12.4 Å². The van der Waals surface area contributed by atoms with Crippen molar-refractivity contribution in [1.82, 2.24) is 10.0 Å². The number of nitrogens with two attached hydrogens (primary N) is 1. The van der Waals surface area contributed by atoms with Gasteiger partial charge in [0.1, 0.15) is 5.82 Å².